The number of carbonyl (C=O) groups excluding carboxylic acids is 1. The Morgan fingerprint density at radius 3 is 2.72 bits per heavy atom. The van der Waals surface area contributed by atoms with Gasteiger partial charge >= 0.3 is 0 Å². The van der Waals surface area contributed by atoms with E-state index >= 15 is 0 Å². The van der Waals surface area contributed by atoms with E-state index < -0.39 is 5.82 Å². The van der Waals surface area contributed by atoms with Gasteiger partial charge in [-0.3, -0.25) is 4.79 Å². The Morgan fingerprint density at radius 1 is 1.24 bits per heavy atom. The van der Waals surface area contributed by atoms with Crippen molar-refractivity contribution in [2.24, 2.45) is 0 Å². The van der Waals surface area contributed by atoms with Gasteiger partial charge in [0.05, 0.1) is 5.69 Å². The fourth-order valence-electron chi connectivity index (χ4n) is 2.30. The van der Waals surface area contributed by atoms with Gasteiger partial charge in [-0.25, -0.2) is 4.39 Å². The summed E-state index contributed by atoms with van der Waals surface area (Å²) in [5.41, 5.74) is 1.86. The zero-order valence-corrected chi connectivity index (χ0v) is 14.3. The molecule has 0 radical (unpaired) electrons. The molecule has 0 aromatic heterocycles. The maximum Gasteiger partial charge on any atom is 0.251 e. The predicted octanol–water partition coefficient (Wildman–Crippen LogP) is 2.60. The van der Waals surface area contributed by atoms with E-state index in [2.05, 4.69) is 10.6 Å². The monoisotopic (exact) mass is 340 g/mol. The van der Waals surface area contributed by atoms with Crippen LogP contribution in [0.3, 0.4) is 0 Å². The molecule has 6 heteroatoms. The van der Waals surface area contributed by atoms with Crippen molar-refractivity contribution in [1.29, 1.82) is 5.26 Å². The van der Waals surface area contributed by atoms with Crippen LogP contribution in [0.25, 0.3) is 0 Å². The van der Waals surface area contributed by atoms with Crippen LogP contribution in [-0.4, -0.2) is 38.0 Å². The molecule has 0 spiro atoms. The van der Waals surface area contributed by atoms with E-state index in [-0.39, 0.29) is 11.5 Å². The van der Waals surface area contributed by atoms with Crippen LogP contribution in [-0.2, 0) is 6.54 Å². The molecule has 0 bridgehead atoms. The minimum absolute atomic E-state index is 0.0138. The molecule has 2 rings (SSSR count). The van der Waals surface area contributed by atoms with Crippen molar-refractivity contribution in [2.45, 2.75) is 6.54 Å². The van der Waals surface area contributed by atoms with E-state index in [1.54, 1.807) is 30.3 Å². The third-order valence-corrected chi connectivity index (χ3v) is 3.64. The van der Waals surface area contributed by atoms with Gasteiger partial charge in [0, 0.05) is 25.2 Å². The van der Waals surface area contributed by atoms with Gasteiger partial charge in [-0.2, -0.15) is 5.26 Å². The topological polar surface area (TPSA) is 68.2 Å². The van der Waals surface area contributed by atoms with Crippen molar-refractivity contribution < 1.29 is 9.18 Å². The van der Waals surface area contributed by atoms with Gasteiger partial charge in [-0.05, 0) is 43.9 Å². The molecule has 0 aliphatic heterocycles. The zero-order chi connectivity index (χ0) is 18.2. The van der Waals surface area contributed by atoms with E-state index in [1.165, 1.54) is 6.07 Å². The van der Waals surface area contributed by atoms with E-state index in [0.29, 0.717) is 24.3 Å². The molecular weight excluding hydrogens is 319 g/mol. The lowest BCUT2D eigenvalue weighted by Gasteiger charge is -2.12. The third-order valence-electron chi connectivity index (χ3n) is 3.64. The maximum absolute atomic E-state index is 13.6. The van der Waals surface area contributed by atoms with Crippen LogP contribution in [0.5, 0.6) is 0 Å². The Kier molecular flexibility index (Phi) is 6.49. The first-order valence-electron chi connectivity index (χ1n) is 7.95. The second-order valence-electron chi connectivity index (χ2n) is 5.89. The van der Waals surface area contributed by atoms with Crippen molar-refractivity contribution in [3.05, 3.63) is 65.0 Å². The zero-order valence-electron chi connectivity index (χ0n) is 14.3. The number of hydrogen-bond donors (Lipinski definition) is 2. The van der Waals surface area contributed by atoms with Crippen LogP contribution in [0.1, 0.15) is 21.5 Å². The third kappa shape index (κ3) is 5.30. The number of benzene rings is 2. The highest BCUT2D eigenvalue weighted by Gasteiger charge is 2.09. The number of amides is 1. The molecule has 0 heterocycles. The highest BCUT2D eigenvalue weighted by Crippen LogP contribution is 2.18. The number of nitriles is 1. The van der Waals surface area contributed by atoms with Gasteiger partial charge in [-0.15, -0.1) is 0 Å². The van der Waals surface area contributed by atoms with Gasteiger partial charge in [-0.1, -0.05) is 18.2 Å². The summed E-state index contributed by atoms with van der Waals surface area (Å²) < 4.78 is 13.6. The minimum atomic E-state index is -0.554. The lowest BCUT2D eigenvalue weighted by atomic mass is 10.1. The Labute approximate surface area is 147 Å². The van der Waals surface area contributed by atoms with E-state index in [4.69, 9.17) is 5.26 Å². The number of nitrogens with one attached hydrogen (secondary N) is 2. The lowest BCUT2D eigenvalue weighted by molar-refractivity contribution is 0.0951. The quantitative estimate of drug-likeness (QED) is 0.813. The standard InChI is InChI=1S/C19H21FN4O/c1-24(2)10-9-22-19(25)15-6-3-5-14(11-15)13-23-18-8-4-7-17(20)16(18)12-21/h3-8,11,23H,9-10,13H2,1-2H3,(H,22,25). The number of carbonyl (C=O) groups is 1. The summed E-state index contributed by atoms with van der Waals surface area (Å²) in [6, 6.07) is 13.5. The van der Waals surface area contributed by atoms with Crippen molar-refractivity contribution in [3.8, 4) is 6.07 Å². The van der Waals surface area contributed by atoms with Crippen LogP contribution in [0.15, 0.2) is 42.5 Å². The van der Waals surface area contributed by atoms with Gasteiger partial charge in [0.1, 0.15) is 17.4 Å². The summed E-state index contributed by atoms with van der Waals surface area (Å²) in [6.45, 7) is 1.73. The van der Waals surface area contributed by atoms with Gasteiger partial charge in [0.15, 0.2) is 0 Å². The SMILES string of the molecule is CN(C)CCNC(=O)c1cccc(CNc2cccc(F)c2C#N)c1. The van der Waals surface area contributed by atoms with E-state index in [1.807, 2.05) is 31.1 Å². The average molecular weight is 340 g/mol. The van der Waals surface area contributed by atoms with Crippen LogP contribution in [0.2, 0.25) is 0 Å². The Hall–Kier alpha value is -2.91. The number of nitrogens with zero attached hydrogens (tertiary/aromatic N) is 2. The number of halogens is 1. The molecule has 0 aliphatic rings. The van der Waals surface area contributed by atoms with E-state index in [9.17, 15) is 9.18 Å². The molecule has 0 unspecified atom stereocenters. The summed E-state index contributed by atoms with van der Waals surface area (Å²) in [5, 5.41) is 15.0. The van der Waals surface area contributed by atoms with Crippen LogP contribution < -0.4 is 10.6 Å². The summed E-state index contributed by atoms with van der Waals surface area (Å²) in [6.07, 6.45) is 0. The number of hydrogen-bond acceptors (Lipinski definition) is 4. The summed E-state index contributed by atoms with van der Waals surface area (Å²) in [5.74, 6) is -0.686. The van der Waals surface area contributed by atoms with Crippen LogP contribution >= 0.6 is 0 Å². The molecule has 0 aliphatic carbocycles. The average Bonchev–Trinajstić information content (AvgIpc) is 2.60. The van der Waals surface area contributed by atoms with Gasteiger partial charge in [0.25, 0.3) is 5.91 Å². The fourth-order valence-corrected chi connectivity index (χ4v) is 2.30. The number of rotatable bonds is 7. The van der Waals surface area contributed by atoms with Crippen LogP contribution in [0.4, 0.5) is 10.1 Å². The molecular formula is C19H21FN4O. The number of anilines is 1. The molecule has 130 valence electrons. The summed E-state index contributed by atoms with van der Waals surface area (Å²) in [7, 11) is 3.89. The van der Waals surface area contributed by atoms with Gasteiger partial charge < -0.3 is 15.5 Å². The Balaban J connectivity index is 2.01. The minimum Gasteiger partial charge on any atom is -0.380 e. The smallest absolute Gasteiger partial charge is 0.251 e. The number of likely N-dealkylation sites (N-methyl/N-ethyl adjacent to an activating group) is 1. The summed E-state index contributed by atoms with van der Waals surface area (Å²) >= 11 is 0. The second kappa shape index (κ2) is 8.81. The highest BCUT2D eigenvalue weighted by molar-refractivity contribution is 5.94. The fraction of sp³-hybridized carbons (Fsp3) is 0.263. The Bertz CT molecular complexity index is 783. The molecule has 25 heavy (non-hydrogen) atoms. The first-order valence-corrected chi connectivity index (χ1v) is 7.95. The Morgan fingerprint density at radius 2 is 2.00 bits per heavy atom. The predicted molar refractivity (Wildman–Crippen MR) is 95.8 cm³/mol. The molecule has 2 N–H and O–H groups in total. The largest absolute Gasteiger partial charge is 0.380 e. The van der Waals surface area contributed by atoms with Crippen LogP contribution in [0, 0.1) is 17.1 Å². The van der Waals surface area contributed by atoms with Crippen molar-refractivity contribution >= 4 is 11.6 Å². The molecule has 1 amide bonds. The maximum atomic E-state index is 13.6. The van der Waals surface area contributed by atoms with Crippen molar-refractivity contribution in [1.82, 2.24) is 10.2 Å². The molecule has 2 aromatic carbocycles. The molecule has 0 fully saturated rings. The molecule has 0 atom stereocenters. The van der Waals surface area contributed by atoms with Gasteiger partial charge in [0.2, 0.25) is 0 Å². The second-order valence-corrected chi connectivity index (χ2v) is 5.89. The molecule has 0 saturated carbocycles. The molecule has 5 nitrogen and oxygen atoms in total. The molecule has 0 saturated heterocycles. The van der Waals surface area contributed by atoms with Crippen molar-refractivity contribution in [3.63, 3.8) is 0 Å². The normalized spacial score (nSPS) is 10.4. The summed E-state index contributed by atoms with van der Waals surface area (Å²) in [4.78, 5) is 14.1. The molecule has 2 aromatic rings. The lowest BCUT2D eigenvalue weighted by Crippen LogP contribution is -2.31. The van der Waals surface area contributed by atoms with E-state index in [0.717, 1.165) is 12.1 Å². The van der Waals surface area contributed by atoms with Crippen molar-refractivity contribution in [2.75, 3.05) is 32.5 Å². The first-order chi connectivity index (χ1) is 12.0. The highest BCUT2D eigenvalue weighted by atomic mass is 19.1. The first kappa shape index (κ1) is 18.4.